The summed E-state index contributed by atoms with van der Waals surface area (Å²) in [6.07, 6.45) is 6.06. The third kappa shape index (κ3) is 7.44. The van der Waals surface area contributed by atoms with Crippen molar-refractivity contribution in [1.82, 2.24) is 19.6 Å². The van der Waals surface area contributed by atoms with Gasteiger partial charge in [0.1, 0.15) is 0 Å². The molecule has 0 aliphatic carbocycles. The zero-order valence-corrected chi connectivity index (χ0v) is 24.2. The number of ether oxygens (including phenoxy) is 2. The number of carbonyl (C=O) groups excluding carboxylic acids is 3. The van der Waals surface area contributed by atoms with Crippen molar-refractivity contribution < 1.29 is 23.9 Å². The van der Waals surface area contributed by atoms with E-state index in [1.165, 1.54) is 10.5 Å². The standard InChI is InChI=1S/C30H46N4O5/c1-5-6-13-32(14-7-8-22(2)3)29(36)20-33-19-24(23-9-10-26-27(18-23)39-21-38-26)17-25(33)11-16-34-28(35)12-15-31(4)30(34)37/h9-10,18,22,24-25H,5-8,11-17,19-21H2,1-4H3/t24-,25+/m1/s1. The summed E-state index contributed by atoms with van der Waals surface area (Å²) >= 11 is 0. The molecule has 4 rings (SSSR count). The molecular formula is C30H46N4O5. The molecule has 2 fully saturated rings. The summed E-state index contributed by atoms with van der Waals surface area (Å²) in [6.45, 7) is 10.4. The lowest BCUT2D eigenvalue weighted by Gasteiger charge is -2.33. The Bertz CT molecular complexity index is 1020. The first-order chi connectivity index (χ1) is 18.8. The second-order valence-electron chi connectivity index (χ2n) is 11.7. The number of rotatable bonds is 13. The van der Waals surface area contributed by atoms with Gasteiger partial charge < -0.3 is 19.3 Å². The zero-order chi connectivity index (χ0) is 27.9. The van der Waals surface area contributed by atoms with Crippen LogP contribution in [0.15, 0.2) is 18.2 Å². The Kier molecular flexibility index (Phi) is 10.1. The minimum absolute atomic E-state index is 0.0981. The lowest BCUT2D eigenvalue weighted by molar-refractivity contribution is -0.133. The van der Waals surface area contributed by atoms with Crippen LogP contribution in [0.1, 0.15) is 77.2 Å². The molecule has 1 aromatic carbocycles. The van der Waals surface area contributed by atoms with Crippen LogP contribution in [0.2, 0.25) is 0 Å². The van der Waals surface area contributed by atoms with E-state index in [9.17, 15) is 14.4 Å². The maximum atomic E-state index is 13.6. The van der Waals surface area contributed by atoms with Crippen LogP contribution < -0.4 is 9.47 Å². The van der Waals surface area contributed by atoms with E-state index in [0.717, 1.165) is 63.2 Å². The highest BCUT2D eigenvalue weighted by molar-refractivity contribution is 5.96. The van der Waals surface area contributed by atoms with Gasteiger partial charge in [-0.3, -0.25) is 19.4 Å². The lowest BCUT2D eigenvalue weighted by Crippen LogP contribution is -2.51. The number of nitrogens with zero attached hydrogens (tertiary/aromatic N) is 4. The van der Waals surface area contributed by atoms with Gasteiger partial charge in [0, 0.05) is 52.2 Å². The topological polar surface area (TPSA) is 82.6 Å². The van der Waals surface area contributed by atoms with Gasteiger partial charge in [0.05, 0.1) is 6.54 Å². The number of hydrogen-bond donors (Lipinski definition) is 0. The number of hydrogen-bond acceptors (Lipinski definition) is 6. The van der Waals surface area contributed by atoms with Crippen LogP contribution in [0.4, 0.5) is 4.79 Å². The molecule has 4 amide bonds. The van der Waals surface area contributed by atoms with Crippen molar-refractivity contribution in [3.63, 3.8) is 0 Å². The smallest absolute Gasteiger partial charge is 0.326 e. The van der Waals surface area contributed by atoms with Gasteiger partial charge >= 0.3 is 6.03 Å². The van der Waals surface area contributed by atoms with Crippen molar-refractivity contribution >= 4 is 17.8 Å². The molecule has 1 aromatic rings. The van der Waals surface area contributed by atoms with Crippen molar-refractivity contribution in [2.75, 3.05) is 53.1 Å². The molecule has 2 atom stereocenters. The Hall–Kier alpha value is -2.81. The Morgan fingerprint density at radius 2 is 1.90 bits per heavy atom. The molecule has 0 bridgehead atoms. The Morgan fingerprint density at radius 3 is 2.67 bits per heavy atom. The quantitative estimate of drug-likeness (QED) is 0.369. The van der Waals surface area contributed by atoms with E-state index in [2.05, 4.69) is 37.8 Å². The number of unbranched alkanes of at least 4 members (excludes halogenated alkanes) is 1. The highest BCUT2D eigenvalue weighted by Crippen LogP contribution is 2.39. The first kappa shape index (κ1) is 29.2. The minimum atomic E-state index is -0.227. The summed E-state index contributed by atoms with van der Waals surface area (Å²) in [5.41, 5.74) is 1.17. The molecule has 39 heavy (non-hydrogen) atoms. The third-order valence-corrected chi connectivity index (χ3v) is 8.28. The van der Waals surface area contributed by atoms with E-state index in [4.69, 9.17) is 9.47 Å². The maximum absolute atomic E-state index is 13.6. The molecule has 3 aliphatic rings. The predicted molar refractivity (Wildman–Crippen MR) is 150 cm³/mol. The fourth-order valence-electron chi connectivity index (χ4n) is 5.87. The molecule has 0 aromatic heterocycles. The molecule has 0 unspecified atom stereocenters. The van der Waals surface area contributed by atoms with Crippen molar-refractivity contribution in [2.45, 2.75) is 77.7 Å². The molecule has 9 nitrogen and oxygen atoms in total. The number of benzene rings is 1. The Labute approximate surface area is 233 Å². The minimum Gasteiger partial charge on any atom is -0.454 e. The SMILES string of the molecule is CCCCN(CCCC(C)C)C(=O)CN1C[C@H](c2ccc3c(c2)OCO3)C[C@@H]1CCN1C(=O)CCN(C)C1=O. The average molecular weight is 543 g/mol. The molecule has 0 saturated carbocycles. The first-order valence-corrected chi connectivity index (χ1v) is 14.7. The van der Waals surface area contributed by atoms with Gasteiger partial charge in [-0.1, -0.05) is 33.3 Å². The molecule has 0 spiro atoms. The number of fused-ring (bicyclic) bond motifs is 1. The van der Waals surface area contributed by atoms with Gasteiger partial charge in [0.25, 0.3) is 0 Å². The van der Waals surface area contributed by atoms with Crippen LogP contribution in [0.25, 0.3) is 0 Å². The maximum Gasteiger partial charge on any atom is 0.326 e. The molecule has 3 aliphatic heterocycles. The van der Waals surface area contributed by atoms with E-state index < -0.39 is 0 Å². The number of urea groups is 1. The van der Waals surface area contributed by atoms with Crippen LogP contribution in [0.5, 0.6) is 11.5 Å². The number of amides is 4. The monoisotopic (exact) mass is 542 g/mol. The van der Waals surface area contributed by atoms with Crippen molar-refractivity contribution in [3.8, 4) is 11.5 Å². The van der Waals surface area contributed by atoms with Gasteiger partial charge in [-0.15, -0.1) is 0 Å². The number of imide groups is 1. The molecule has 0 radical (unpaired) electrons. The molecule has 9 heteroatoms. The fourth-order valence-corrected chi connectivity index (χ4v) is 5.87. The Balaban J connectivity index is 1.46. The highest BCUT2D eigenvalue weighted by Gasteiger charge is 2.37. The molecular weight excluding hydrogens is 496 g/mol. The van der Waals surface area contributed by atoms with Gasteiger partial charge in [-0.25, -0.2) is 4.79 Å². The van der Waals surface area contributed by atoms with Gasteiger partial charge in [0.15, 0.2) is 11.5 Å². The van der Waals surface area contributed by atoms with Gasteiger partial charge in [-0.05, 0) is 61.6 Å². The first-order valence-electron chi connectivity index (χ1n) is 14.7. The van der Waals surface area contributed by atoms with Crippen molar-refractivity contribution in [2.24, 2.45) is 5.92 Å². The Morgan fingerprint density at radius 1 is 1.13 bits per heavy atom. The van der Waals surface area contributed by atoms with Crippen LogP contribution in [-0.4, -0.2) is 96.6 Å². The van der Waals surface area contributed by atoms with E-state index in [0.29, 0.717) is 38.4 Å². The average Bonchev–Trinajstić information content (AvgIpc) is 3.54. The summed E-state index contributed by atoms with van der Waals surface area (Å²) < 4.78 is 11.1. The van der Waals surface area contributed by atoms with E-state index in [-0.39, 0.29) is 36.6 Å². The van der Waals surface area contributed by atoms with Crippen molar-refractivity contribution in [1.29, 1.82) is 0 Å². The number of likely N-dealkylation sites (tertiary alicyclic amines) is 1. The van der Waals surface area contributed by atoms with E-state index in [1.807, 2.05) is 11.0 Å². The van der Waals surface area contributed by atoms with Crippen LogP contribution in [0.3, 0.4) is 0 Å². The summed E-state index contributed by atoms with van der Waals surface area (Å²) in [5, 5.41) is 0. The summed E-state index contributed by atoms with van der Waals surface area (Å²) in [4.78, 5) is 46.1. The predicted octanol–water partition coefficient (Wildman–Crippen LogP) is 4.31. The second-order valence-corrected chi connectivity index (χ2v) is 11.7. The summed E-state index contributed by atoms with van der Waals surface area (Å²) in [7, 11) is 1.74. The molecule has 3 heterocycles. The largest absolute Gasteiger partial charge is 0.454 e. The highest BCUT2D eigenvalue weighted by atomic mass is 16.7. The molecule has 216 valence electrons. The zero-order valence-electron chi connectivity index (χ0n) is 24.2. The fraction of sp³-hybridized carbons (Fsp3) is 0.700. The normalized spacial score (nSPS) is 21.4. The lowest BCUT2D eigenvalue weighted by atomic mass is 9.95. The summed E-state index contributed by atoms with van der Waals surface area (Å²) in [6, 6.07) is 5.98. The molecule has 0 N–H and O–H groups in total. The van der Waals surface area contributed by atoms with Crippen LogP contribution >= 0.6 is 0 Å². The molecule has 2 saturated heterocycles. The number of carbonyl (C=O) groups is 3. The summed E-state index contributed by atoms with van der Waals surface area (Å²) in [5.74, 6) is 2.45. The van der Waals surface area contributed by atoms with Crippen molar-refractivity contribution in [3.05, 3.63) is 23.8 Å². The van der Waals surface area contributed by atoms with Crippen LogP contribution in [-0.2, 0) is 9.59 Å². The third-order valence-electron chi connectivity index (χ3n) is 8.28. The van der Waals surface area contributed by atoms with Crippen LogP contribution in [0, 0.1) is 5.92 Å². The van der Waals surface area contributed by atoms with E-state index >= 15 is 0 Å². The second kappa shape index (κ2) is 13.5. The van der Waals surface area contributed by atoms with Gasteiger partial charge in [0.2, 0.25) is 18.6 Å². The van der Waals surface area contributed by atoms with Gasteiger partial charge in [-0.2, -0.15) is 0 Å². The van der Waals surface area contributed by atoms with E-state index in [1.54, 1.807) is 11.9 Å².